The average molecular weight is 274 g/mol. The molecular weight excluding hydrogens is 252 g/mol. The minimum absolute atomic E-state index is 0.551. The van der Waals surface area contributed by atoms with E-state index in [0.717, 1.165) is 25.1 Å². The summed E-state index contributed by atoms with van der Waals surface area (Å²) in [5.41, 5.74) is 10.6. The smallest absolute Gasteiger partial charge is 0.0933 e. The lowest BCUT2D eigenvalue weighted by Crippen LogP contribution is -2.00. The number of rotatable bonds is 5. The van der Waals surface area contributed by atoms with Crippen LogP contribution in [0, 0.1) is 6.92 Å². The highest BCUT2D eigenvalue weighted by Gasteiger charge is 2.09. The Bertz CT molecular complexity index is 543. The summed E-state index contributed by atoms with van der Waals surface area (Å²) in [6.07, 6.45) is 2.00. The Balaban J connectivity index is 2.30. The standard InChI is InChI=1S/C16H22N2S/c1-11(2)13-7-6-12(3)14(9-13)15-10-19-16(18-15)5-4-8-17/h6-7,9-11H,4-5,8,17H2,1-3H3. The van der Waals surface area contributed by atoms with Gasteiger partial charge in [-0.05, 0) is 43.0 Å². The summed E-state index contributed by atoms with van der Waals surface area (Å²) in [6, 6.07) is 6.69. The van der Waals surface area contributed by atoms with Crippen LogP contribution in [-0.4, -0.2) is 11.5 Å². The third-order valence-corrected chi connectivity index (χ3v) is 4.26. The van der Waals surface area contributed by atoms with Crippen molar-refractivity contribution >= 4 is 11.3 Å². The Kier molecular flexibility index (Phi) is 4.72. The number of benzene rings is 1. The maximum absolute atomic E-state index is 5.55. The summed E-state index contributed by atoms with van der Waals surface area (Å²) in [7, 11) is 0. The Morgan fingerprint density at radius 3 is 2.79 bits per heavy atom. The lowest BCUT2D eigenvalue weighted by atomic mass is 9.97. The second-order valence-electron chi connectivity index (χ2n) is 5.25. The van der Waals surface area contributed by atoms with Crippen molar-refractivity contribution in [2.24, 2.45) is 5.73 Å². The molecule has 0 saturated heterocycles. The normalized spacial score (nSPS) is 11.2. The molecule has 0 bridgehead atoms. The van der Waals surface area contributed by atoms with Crippen LogP contribution in [-0.2, 0) is 6.42 Å². The fourth-order valence-corrected chi connectivity index (χ4v) is 2.92. The van der Waals surface area contributed by atoms with Crippen LogP contribution >= 0.6 is 11.3 Å². The third kappa shape index (κ3) is 3.43. The van der Waals surface area contributed by atoms with Gasteiger partial charge in [-0.25, -0.2) is 4.98 Å². The van der Waals surface area contributed by atoms with Gasteiger partial charge in [0, 0.05) is 17.4 Å². The molecule has 2 N–H and O–H groups in total. The molecule has 1 aromatic heterocycles. The Labute approximate surface area is 119 Å². The van der Waals surface area contributed by atoms with Gasteiger partial charge in [0.25, 0.3) is 0 Å². The number of nitrogens with zero attached hydrogens (tertiary/aromatic N) is 1. The van der Waals surface area contributed by atoms with Gasteiger partial charge in [-0.2, -0.15) is 0 Å². The van der Waals surface area contributed by atoms with Gasteiger partial charge in [0.1, 0.15) is 0 Å². The van der Waals surface area contributed by atoms with Gasteiger partial charge in [0.2, 0.25) is 0 Å². The number of hydrogen-bond acceptors (Lipinski definition) is 3. The zero-order valence-corrected chi connectivity index (χ0v) is 12.8. The van der Waals surface area contributed by atoms with E-state index in [0.29, 0.717) is 5.92 Å². The highest BCUT2D eigenvalue weighted by molar-refractivity contribution is 7.09. The van der Waals surface area contributed by atoms with Gasteiger partial charge in [0.15, 0.2) is 0 Å². The molecule has 102 valence electrons. The number of aryl methyl sites for hydroxylation is 2. The van der Waals surface area contributed by atoms with E-state index in [9.17, 15) is 0 Å². The molecule has 2 rings (SSSR count). The SMILES string of the molecule is Cc1ccc(C(C)C)cc1-c1csc(CCCN)n1. The molecule has 0 aliphatic rings. The van der Waals surface area contributed by atoms with Gasteiger partial charge in [0.05, 0.1) is 10.7 Å². The van der Waals surface area contributed by atoms with E-state index in [4.69, 9.17) is 10.7 Å². The average Bonchev–Trinajstić information content (AvgIpc) is 2.85. The maximum atomic E-state index is 5.55. The number of aromatic nitrogens is 1. The fraction of sp³-hybridized carbons (Fsp3) is 0.438. The van der Waals surface area contributed by atoms with E-state index in [1.54, 1.807) is 11.3 Å². The van der Waals surface area contributed by atoms with Crippen LogP contribution in [0.3, 0.4) is 0 Å². The van der Waals surface area contributed by atoms with E-state index >= 15 is 0 Å². The number of hydrogen-bond donors (Lipinski definition) is 1. The molecule has 0 radical (unpaired) electrons. The van der Waals surface area contributed by atoms with Crippen LogP contribution in [0.1, 0.15) is 42.3 Å². The van der Waals surface area contributed by atoms with Gasteiger partial charge < -0.3 is 5.73 Å². The van der Waals surface area contributed by atoms with Crippen molar-refractivity contribution in [2.75, 3.05) is 6.54 Å². The topological polar surface area (TPSA) is 38.9 Å². The molecule has 0 amide bonds. The van der Waals surface area contributed by atoms with Crippen LogP contribution in [0.4, 0.5) is 0 Å². The molecule has 0 spiro atoms. The molecule has 3 heteroatoms. The second-order valence-corrected chi connectivity index (χ2v) is 6.19. The van der Waals surface area contributed by atoms with E-state index < -0.39 is 0 Å². The third-order valence-electron chi connectivity index (χ3n) is 3.35. The summed E-state index contributed by atoms with van der Waals surface area (Å²) < 4.78 is 0. The van der Waals surface area contributed by atoms with Crippen molar-refractivity contribution in [3.8, 4) is 11.3 Å². The van der Waals surface area contributed by atoms with Crippen LogP contribution in [0.25, 0.3) is 11.3 Å². The molecule has 2 aromatic rings. The monoisotopic (exact) mass is 274 g/mol. The zero-order chi connectivity index (χ0) is 13.8. The minimum Gasteiger partial charge on any atom is -0.330 e. The minimum atomic E-state index is 0.551. The van der Waals surface area contributed by atoms with Crippen molar-refractivity contribution in [3.63, 3.8) is 0 Å². The van der Waals surface area contributed by atoms with Crippen LogP contribution < -0.4 is 5.73 Å². The molecule has 19 heavy (non-hydrogen) atoms. The molecule has 1 aromatic carbocycles. The molecule has 0 aliphatic heterocycles. The van der Waals surface area contributed by atoms with Gasteiger partial charge in [-0.1, -0.05) is 26.0 Å². The van der Waals surface area contributed by atoms with Crippen LogP contribution in [0.2, 0.25) is 0 Å². The van der Waals surface area contributed by atoms with Crippen molar-refractivity contribution < 1.29 is 0 Å². The first kappa shape index (κ1) is 14.2. The first-order valence-electron chi connectivity index (χ1n) is 6.87. The Morgan fingerprint density at radius 2 is 2.11 bits per heavy atom. The summed E-state index contributed by atoms with van der Waals surface area (Å²) in [4.78, 5) is 4.74. The highest BCUT2D eigenvalue weighted by Crippen LogP contribution is 2.28. The summed E-state index contributed by atoms with van der Waals surface area (Å²) >= 11 is 1.74. The quantitative estimate of drug-likeness (QED) is 0.890. The summed E-state index contributed by atoms with van der Waals surface area (Å²) in [5.74, 6) is 0.551. The highest BCUT2D eigenvalue weighted by atomic mass is 32.1. The van der Waals surface area contributed by atoms with E-state index in [1.165, 1.54) is 21.7 Å². The number of nitrogens with two attached hydrogens (primary N) is 1. The van der Waals surface area contributed by atoms with E-state index in [2.05, 4.69) is 44.4 Å². The Hall–Kier alpha value is -1.19. The summed E-state index contributed by atoms with van der Waals surface area (Å²) in [5, 5.41) is 3.35. The molecule has 0 saturated carbocycles. The van der Waals surface area contributed by atoms with Crippen molar-refractivity contribution in [3.05, 3.63) is 39.7 Å². The first-order chi connectivity index (χ1) is 9.11. The first-order valence-corrected chi connectivity index (χ1v) is 7.75. The number of thiazole rings is 1. The molecule has 0 atom stereocenters. The molecule has 1 heterocycles. The molecular formula is C16H22N2S. The largest absolute Gasteiger partial charge is 0.330 e. The van der Waals surface area contributed by atoms with Crippen molar-refractivity contribution in [1.82, 2.24) is 4.98 Å². The summed E-state index contributed by atoms with van der Waals surface area (Å²) in [6.45, 7) is 7.33. The molecule has 2 nitrogen and oxygen atoms in total. The second kappa shape index (κ2) is 6.31. The fourth-order valence-electron chi connectivity index (χ4n) is 2.08. The predicted molar refractivity (Wildman–Crippen MR) is 83.8 cm³/mol. The zero-order valence-electron chi connectivity index (χ0n) is 11.9. The molecule has 0 fully saturated rings. The van der Waals surface area contributed by atoms with Crippen molar-refractivity contribution in [2.45, 2.75) is 39.5 Å². The molecule has 0 aliphatic carbocycles. The molecule has 0 unspecified atom stereocenters. The van der Waals surface area contributed by atoms with Crippen LogP contribution in [0.5, 0.6) is 0 Å². The van der Waals surface area contributed by atoms with Crippen molar-refractivity contribution in [1.29, 1.82) is 0 Å². The van der Waals surface area contributed by atoms with E-state index in [-0.39, 0.29) is 0 Å². The lowest BCUT2D eigenvalue weighted by molar-refractivity contribution is 0.826. The van der Waals surface area contributed by atoms with Gasteiger partial charge >= 0.3 is 0 Å². The van der Waals surface area contributed by atoms with Gasteiger partial charge in [-0.3, -0.25) is 0 Å². The van der Waals surface area contributed by atoms with Crippen LogP contribution in [0.15, 0.2) is 23.6 Å². The predicted octanol–water partition coefficient (Wildman–Crippen LogP) is 4.13. The van der Waals surface area contributed by atoms with E-state index in [1.807, 2.05) is 0 Å². The Morgan fingerprint density at radius 1 is 1.32 bits per heavy atom. The lowest BCUT2D eigenvalue weighted by Gasteiger charge is -2.09. The maximum Gasteiger partial charge on any atom is 0.0933 e. The van der Waals surface area contributed by atoms with Gasteiger partial charge in [-0.15, -0.1) is 11.3 Å².